The van der Waals surface area contributed by atoms with Gasteiger partial charge < -0.3 is 19.3 Å². The van der Waals surface area contributed by atoms with Gasteiger partial charge in [-0.25, -0.2) is 0 Å². The van der Waals surface area contributed by atoms with E-state index in [2.05, 4.69) is 98.7 Å². The zero-order valence-corrected chi connectivity index (χ0v) is 42.4. The van der Waals surface area contributed by atoms with E-state index < -0.39 is 0 Å². The molecule has 4 rings (SSSR count). The molecule has 4 aromatic carbocycles. The van der Waals surface area contributed by atoms with Crippen molar-refractivity contribution in [2.45, 2.75) is 236 Å². The van der Waals surface area contributed by atoms with E-state index in [1.165, 1.54) is 88.6 Å². The lowest BCUT2D eigenvalue weighted by molar-refractivity contribution is 0.358. The SMILES string of the molecule is CCCCc1ccc(Oc2ccc(O)c(Oc3ccc(CCCC)c(CCCC)c3CCCC)c2Oc2ccc(CCCC)c(CCCC)c2CCCC)c(CCCC)c1CCCC. The van der Waals surface area contributed by atoms with Crippen LogP contribution in [0.3, 0.4) is 0 Å². The normalized spacial score (nSPS) is 11.4. The first-order valence-electron chi connectivity index (χ1n) is 26.6. The van der Waals surface area contributed by atoms with E-state index >= 15 is 0 Å². The number of benzene rings is 4. The van der Waals surface area contributed by atoms with Crippen LogP contribution in [0.4, 0.5) is 0 Å². The van der Waals surface area contributed by atoms with Gasteiger partial charge in [-0.1, -0.05) is 138 Å². The molecule has 0 heterocycles. The number of phenolic OH excluding ortho intramolecular Hbond substituents is 1. The quantitative estimate of drug-likeness (QED) is 0.0518. The molecule has 0 aliphatic rings. The number of ether oxygens (including phenoxy) is 3. The fourth-order valence-corrected chi connectivity index (χ4v) is 9.28. The number of aryl methyl sites for hydroxylation is 3. The van der Waals surface area contributed by atoms with Crippen LogP contribution < -0.4 is 14.2 Å². The summed E-state index contributed by atoms with van der Waals surface area (Å²) in [5.74, 6) is 3.93. The van der Waals surface area contributed by atoms with E-state index in [0.29, 0.717) is 17.2 Å². The summed E-state index contributed by atoms with van der Waals surface area (Å²) < 4.78 is 21.8. The van der Waals surface area contributed by atoms with Crippen molar-refractivity contribution in [3.05, 3.63) is 98.6 Å². The zero-order chi connectivity index (χ0) is 46.1. The summed E-state index contributed by atoms with van der Waals surface area (Å²) in [6.07, 6.45) is 29.7. The van der Waals surface area contributed by atoms with Gasteiger partial charge in [0.05, 0.1) is 0 Å². The number of hydrogen-bond acceptors (Lipinski definition) is 4. The summed E-state index contributed by atoms with van der Waals surface area (Å²) in [5, 5.41) is 12.1. The maximum absolute atomic E-state index is 12.1. The van der Waals surface area contributed by atoms with Crippen LogP contribution in [-0.2, 0) is 57.8 Å². The van der Waals surface area contributed by atoms with E-state index in [1.54, 1.807) is 6.07 Å². The molecular weight excluding hydrogens is 785 g/mol. The Morgan fingerprint density at radius 3 is 0.875 bits per heavy atom. The van der Waals surface area contributed by atoms with Crippen molar-refractivity contribution < 1.29 is 19.3 Å². The Hall–Kier alpha value is -3.92. The van der Waals surface area contributed by atoms with Gasteiger partial charge in [-0.2, -0.15) is 0 Å². The zero-order valence-electron chi connectivity index (χ0n) is 42.4. The van der Waals surface area contributed by atoms with Crippen LogP contribution >= 0.6 is 0 Å². The van der Waals surface area contributed by atoms with Crippen molar-refractivity contribution in [3.63, 3.8) is 0 Å². The minimum atomic E-state index is 0.0552. The van der Waals surface area contributed by atoms with Gasteiger partial charge in [0.1, 0.15) is 17.2 Å². The predicted molar refractivity (Wildman–Crippen MR) is 275 cm³/mol. The molecule has 0 spiro atoms. The summed E-state index contributed by atoms with van der Waals surface area (Å²) in [7, 11) is 0. The summed E-state index contributed by atoms with van der Waals surface area (Å²) in [6.45, 7) is 20.5. The monoisotopic (exact) mass is 875 g/mol. The van der Waals surface area contributed by atoms with Gasteiger partial charge in [-0.05, 0) is 196 Å². The number of phenols is 1. The Morgan fingerprint density at radius 2 is 0.547 bits per heavy atom. The molecule has 4 aromatic rings. The molecule has 0 aliphatic heterocycles. The molecule has 0 unspecified atom stereocenters. The molecule has 1 N–H and O–H groups in total. The number of aromatic hydroxyl groups is 1. The molecule has 0 saturated carbocycles. The topological polar surface area (TPSA) is 47.9 Å². The molecule has 0 radical (unpaired) electrons. The van der Waals surface area contributed by atoms with E-state index in [4.69, 9.17) is 14.2 Å². The fraction of sp³-hybridized carbons (Fsp3) is 0.600. The number of unbranched alkanes of at least 4 members (excludes halogenated alkanes) is 9. The Labute approximate surface area is 392 Å². The highest BCUT2D eigenvalue weighted by Crippen LogP contribution is 2.51. The molecular formula is C60H90O4. The van der Waals surface area contributed by atoms with Crippen molar-refractivity contribution >= 4 is 0 Å². The van der Waals surface area contributed by atoms with Crippen LogP contribution in [0.1, 0.15) is 228 Å². The second kappa shape index (κ2) is 29.6. The lowest BCUT2D eigenvalue weighted by Gasteiger charge is -2.24. The first-order valence-corrected chi connectivity index (χ1v) is 26.6. The van der Waals surface area contributed by atoms with Crippen LogP contribution in [0, 0.1) is 0 Å². The van der Waals surface area contributed by atoms with Crippen LogP contribution in [0.25, 0.3) is 0 Å². The molecule has 0 saturated heterocycles. The van der Waals surface area contributed by atoms with Crippen molar-refractivity contribution in [1.29, 1.82) is 0 Å². The average Bonchev–Trinajstić information content (AvgIpc) is 3.31. The van der Waals surface area contributed by atoms with E-state index in [9.17, 15) is 5.11 Å². The summed E-state index contributed by atoms with van der Waals surface area (Å²) >= 11 is 0. The van der Waals surface area contributed by atoms with E-state index in [0.717, 1.165) is 152 Å². The van der Waals surface area contributed by atoms with Gasteiger partial charge in [0.2, 0.25) is 11.5 Å². The van der Waals surface area contributed by atoms with Crippen molar-refractivity contribution in [3.8, 4) is 40.2 Å². The highest BCUT2D eigenvalue weighted by Gasteiger charge is 2.26. The van der Waals surface area contributed by atoms with Crippen molar-refractivity contribution in [2.75, 3.05) is 0 Å². The first kappa shape index (κ1) is 52.7. The smallest absolute Gasteiger partial charge is 0.216 e. The van der Waals surface area contributed by atoms with Crippen LogP contribution in [0.5, 0.6) is 40.2 Å². The summed E-state index contributed by atoms with van der Waals surface area (Å²) in [6, 6.07) is 17.1. The van der Waals surface area contributed by atoms with Gasteiger partial charge in [0, 0.05) is 0 Å². The maximum atomic E-state index is 12.1. The lowest BCUT2D eigenvalue weighted by Crippen LogP contribution is -2.07. The Morgan fingerprint density at radius 1 is 0.281 bits per heavy atom. The lowest BCUT2D eigenvalue weighted by atomic mass is 9.90. The first-order chi connectivity index (χ1) is 31.3. The van der Waals surface area contributed by atoms with E-state index in [-0.39, 0.29) is 5.75 Å². The van der Waals surface area contributed by atoms with Gasteiger partial charge in [-0.3, -0.25) is 0 Å². The highest BCUT2D eigenvalue weighted by atomic mass is 16.5. The third-order valence-electron chi connectivity index (χ3n) is 13.2. The number of hydrogen-bond donors (Lipinski definition) is 1. The predicted octanol–water partition coefficient (Wildman–Crippen LogP) is 18.9. The number of rotatable bonds is 33. The molecule has 64 heavy (non-hydrogen) atoms. The Balaban J connectivity index is 2.04. The van der Waals surface area contributed by atoms with Gasteiger partial charge in [-0.15, -0.1) is 0 Å². The van der Waals surface area contributed by atoms with E-state index in [1.807, 2.05) is 6.07 Å². The molecule has 354 valence electrons. The minimum Gasteiger partial charge on any atom is -0.504 e. The molecule has 0 bridgehead atoms. The van der Waals surface area contributed by atoms with Gasteiger partial charge >= 0.3 is 0 Å². The fourth-order valence-electron chi connectivity index (χ4n) is 9.28. The molecule has 4 nitrogen and oxygen atoms in total. The molecule has 0 atom stereocenters. The maximum Gasteiger partial charge on any atom is 0.216 e. The largest absolute Gasteiger partial charge is 0.504 e. The van der Waals surface area contributed by atoms with Gasteiger partial charge in [0.15, 0.2) is 11.5 Å². The molecule has 0 amide bonds. The third-order valence-corrected chi connectivity index (χ3v) is 13.2. The summed E-state index contributed by atoms with van der Waals surface area (Å²) in [4.78, 5) is 0. The van der Waals surface area contributed by atoms with Crippen molar-refractivity contribution in [2.24, 2.45) is 0 Å². The molecule has 4 heteroatoms. The third kappa shape index (κ3) is 15.1. The van der Waals surface area contributed by atoms with Crippen LogP contribution in [-0.4, -0.2) is 5.11 Å². The highest BCUT2D eigenvalue weighted by molar-refractivity contribution is 5.64. The molecule has 0 fully saturated rings. The van der Waals surface area contributed by atoms with Crippen LogP contribution in [0.15, 0.2) is 48.5 Å². The average molecular weight is 875 g/mol. The summed E-state index contributed by atoms with van der Waals surface area (Å²) in [5.41, 5.74) is 12.6. The second-order valence-electron chi connectivity index (χ2n) is 18.5. The Kier molecular flexibility index (Phi) is 24.4. The van der Waals surface area contributed by atoms with Crippen LogP contribution in [0.2, 0.25) is 0 Å². The standard InChI is InChI=1S/C60H90O4/c1-10-19-28-45-37-41-55(51(34-25-16-7)48(45)31-22-13-4)62-58-44-40-54(61)59(63-56-42-38-46(29-20-11-2)49(32-23-14-5)52(56)35-26-17-8)60(58)64-57-43-39-47(30-21-12-3)50(33-24-15-6)53(57)36-27-18-9/h37-44,61H,10-36H2,1-9H3. The van der Waals surface area contributed by atoms with Gasteiger partial charge in [0.25, 0.3) is 0 Å². The van der Waals surface area contributed by atoms with Crippen molar-refractivity contribution in [1.82, 2.24) is 0 Å². The molecule has 0 aliphatic carbocycles. The minimum absolute atomic E-state index is 0.0552. The molecule has 0 aromatic heterocycles. The second-order valence-corrected chi connectivity index (χ2v) is 18.5. The Bertz CT molecular complexity index is 1960.